The lowest BCUT2D eigenvalue weighted by Gasteiger charge is -2.39. The number of phenols is 1. The topological polar surface area (TPSA) is 166 Å². The van der Waals surface area contributed by atoms with Gasteiger partial charge in [-0.25, -0.2) is 28.5 Å². The van der Waals surface area contributed by atoms with Crippen LogP contribution in [0.15, 0.2) is 77.6 Å². The van der Waals surface area contributed by atoms with Crippen molar-refractivity contribution in [1.29, 1.82) is 0 Å². The third kappa shape index (κ3) is 4.89. The van der Waals surface area contributed by atoms with Gasteiger partial charge in [-0.2, -0.15) is 0 Å². The number of aromatic nitrogens is 5. The normalized spacial score (nSPS) is 18.4. The Morgan fingerprint density at radius 3 is 2.36 bits per heavy atom. The molecule has 0 fully saturated rings. The highest BCUT2D eigenvalue weighted by atomic mass is 79.9. The lowest BCUT2D eigenvalue weighted by Crippen LogP contribution is -2.40. The van der Waals surface area contributed by atoms with Crippen molar-refractivity contribution in [3.63, 3.8) is 0 Å². The van der Waals surface area contributed by atoms with E-state index in [0.29, 0.717) is 49.3 Å². The molecule has 2 atom stereocenters. The molecule has 258 valence electrons. The Labute approximate surface area is 292 Å². The second kappa shape index (κ2) is 12.2. The van der Waals surface area contributed by atoms with E-state index in [1.165, 1.54) is 41.3 Å². The van der Waals surface area contributed by atoms with Crippen molar-refractivity contribution in [2.45, 2.75) is 44.8 Å². The molecule has 2 aromatic carbocycles. The van der Waals surface area contributed by atoms with Crippen molar-refractivity contribution in [1.82, 2.24) is 23.5 Å². The first-order valence-corrected chi connectivity index (χ1v) is 16.5. The van der Waals surface area contributed by atoms with Gasteiger partial charge in [-0.3, -0.25) is 14.4 Å². The number of fused-ring (bicyclic) bond motifs is 4. The maximum Gasteiger partial charge on any atom is 0.347 e. The van der Waals surface area contributed by atoms with Crippen molar-refractivity contribution < 1.29 is 28.9 Å². The minimum absolute atomic E-state index is 0.0165. The van der Waals surface area contributed by atoms with Gasteiger partial charge in [0.05, 0.1) is 49.4 Å². The fourth-order valence-electron chi connectivity index (χ4n) is 7.26. The smallest absolute Gasteiger partial charge is 0.347 e. The molecule has 0 saturated heterocycles. The number of Topliss-reactive ketones (excluding diaryl/α,β-unsaturated/α-hetero) is 1. The van der Waals surface area contributed by atoms with Crippen LogP contribution >= 0.6 is 15.9 Å². The molecular formula is C35H32BrN5O9. The summed E-state index contributed by atoms with van der Waals surface area (Å²) in [5.41, 5.74) is 1.62. The first-order chi connectivity index (χ1) is 23.9. The van der Waals surface area contributed by atoms with Crippen molar-refractivity contribution in [3.05, 3.63) is 106 Å². The standard InChI is InChI=1S/C35H32BrN5O9/c1-16-10-25(42)19-13-23-18(29(30(19)31(16)43)17-11-20(36)32(44)28(12-17)50-5)6-9-40-34(46)39(35(47)41(23)40)8-7-21-33(45)38(2)24-15-27(49-4)26(48-3)14-22(24)37-21/h6,10-12,14-15,23,29,44H,7-9,13H2,1-5H3/t23-,29+/m1/s1. The number of rotatable bonds is 7. The number of aryl methyl sites for hydroxylation is 2. The molecular weight excluding hydrogens is 714 g/mol. The van der Waals surface area contributed by atoms with Crippen molar-refractivity contribution in [2.75, 3.05) is 21.3 Å². The van der Waals surface area contributed by atoms with Gasteiger partial charge in [0, 0.05) is 61.2 Å². The van der Waals surface area contributed by atoms with Gasteiger partial charge < -0.3 is 23.9 Å². The summed E-state index contributed by atoms with van der Waals surface area (Å²) < 4.78 is 21.6. The zero-order valence-electron chi connectivity index (χ0n) is 27.8. The molecule has 0 bridgehead atoms. The number of ketones is 2. The number of hydrogen-bond donors (Lipinski definition) is 1. The summed E-state index contributed by atoms with van der Waals surface area (Å²) in [7, 11) is 5.99. The van der Waals surface area contributed by atoms with Crippen LogP contribution in [0, 0.1) is 0 Å². The number of hydrogen-bond acceptors (Lipinski definition) is 10. The van der Waals surface area contributed by atoms with Gasteiger partial charge in [0.2, 0.25) is 0 Å². The molecule has 0 spiro atoms. The van der Waals surface area contributed by atoms with Crippen LogP contribution in [0.2, 0.25) is 0 Å². The molecule has 14 nitrogen and oxygen atoms in total. The second-order valence-corrected chi connectivity index (χ2v) is 13.2. The maximum atomic E-state index is 14.1. The van der Waals surface area contributed by atoms with E-state index in [4.69, 9.17) is 14.2 Å². The lowest BCUT2D eigenvalue weighted by atomic mass is 9.68. The number of carbonyl (C=O) groups excluding carboxylic acids is 2. The molecule has 0 unspecified atom stereocenters. The number of benzene rings is 2. The Hall–Kier alpha value is -5.44. The summed E-state index contributed by atoms with van der Waals surface area (Å²) in [5.74, 6) is -0.509. The lowest BCUT2D eigenvalue weighted by molar-refractivity contribution is -0.116. The van der Waals surface area contributed by atoms with E-state index in [9.17, 15) is 29.1 Å². The summed E-state index contributed by atoms with van der Waals surface area (Å²) in [6.45, 7) is 1.48. The average Bonchev–Trinajstić information content (AvgIpc) is 3.36. The Morgan fingerprint density at radius 2 is 1.66 bits per heavy atom. The van der Waals surface area contributed by atoms with Crippen LogP contribution in [0.4, 0.5) is 0 Å². The summed E-state index contributed by atoms with van der Waals surface area (Å²) in [6, 6.07) is 5.79. The number of nitrogens with zero attached hydrogens (tertiary/aromatic N) is 5. The third-order valence-corrected chi connectivity index (χ3v) is 10.3. The summed E-state index contributed by atoms with van der Waals surface area (Å²) in [5, 5.41) is 10.5. The monoisotopic (exact) mass is 745 g/mol. The fraction of sp³-hybridized carbons (Fsp3) is 0.314. The van der Waals surface area contributed by atoms with Crippen LogP contribution in [0.1, 0.15) is 36.6 Å². The van der Waals surface area contributed by atoms with Crippen molar-refractivity contribution in [3.8, 4) is 23.0 Å². The average molecular weight is 747 g/mol. The molecule has 3 aliphatic rings. The molecule has 15 heteroatoms. The number of methoxy groups -OCH3 is 3. The first-order valence-electron chi connectivity index (χ1n) is 15.7. The molecule has 0 amide bonds. The van der Waals surface area contributed by atoms with Crippen molar-refractivity contribution >= 4 is 38.5 Å². The Balaban J connectivity index is 1.31. The number of aromatic hydroxyl groups is 1. The number of allylic oxidation sites excluding steroid dienone is 6. The zero-order valence-corrected chi connectivity index (χ0v) is 29.4. The molecule has 3 heterocycles. The van der Waals surface area contributed by atoms with Gasteiger partial charge in [-0.1, -0.05) is 6.08 Å². The van der Waals surface area contributed by atoms with Crippen LogP contribution in [-0.4, -0.2) is 61.5 Å². The molecule has 2 aromatic heterocycles. The van der Waals surface area contributed by atoms with Crippen LogP contribution in [0.5, 0.6) is 23.0 Å². The first kappa shape index (κ1) is 33.1. The largest absolute Gasteiger partial charge is 0.503 e. The maximum absolute atomic E-state index is 14.1. The van der Waals surface area contributed by atoms with Gasteiger partial charge in [0.15, 0.2) is 34.6 Å². The summed E-state index contributed by atoms with van der Waals surface area (Å²) in [6.07, 6.45) is 3.11. The number of ether oxygens (including phenoxy) is 3. The number of phenolic OH excluding ortho intramolecular Hbond substituents is 1. The van der Waals surface area contributed by atoms with Gasteiger partial charge >= 0.3 is 11.4 Å². The van der Waals surface area contributed by atoms with Crippen LogP contribution < -0.4 is 31.1 Å². The quantitative estimate of drug-likeness (QED) is 0.220. The highest BCUT2D eigenvalue weighted by Crippen LogP contribution is 2.51. The molecule has 0 radical (unpaired) electrons. The summed E-state index contributed by atoms with van der Waals surface area (Å²) >= 11 is 3.37. The van der Waals surface area contributed by atoms with E-state index in [0.717, 1.165) is 4.57 Å². The Morgan fingerprint density at radius 1 is 0.960 bits per heavy atom. The van der Waals surface area contributed by atoms with E-state index in [1.54, 1.807) is 38.2 Å². The SMILES string of the molecule is COc1cc2nc(CCn3c(=O)n4n(c3=O)[C@@H]3CC5=C(C(=O)C(C)=CC5=O)[C@@H](c5cc(Br)c(O)c(OC)c5)C3=CC4)c(=O)n(C)c2cc1OC. The molecule has 1 aliphatic heterocycles. The third-order valence-electron chi connectivity index (χ3n) is 9.74. The minimum atomic E-state index is -0.773. The molecule has 7 rings (SSSR count). The molecule has 1 N–H and O–H groups in total. The van der Waals surface area contributed by atoms with Crippen LogP contribution in [-0.2, 0) is 36.1 Å². The second-order valence-electron chi connectivity index (χ2n) is 12.3. The fourth-order valence-corrected chi connectivity index (χ4v) is 7.72. The van der Waals surface area contributed by atoms with E-state index >= 15 is 0 Å². The highest BCUT2D eigenvalue weighted by molar-refractivity contribution is 9.10. The molecule has 50 heavy (non-hydrogen) atoms. The van der Waals surface area contributed by atoms with Gasteiger partial charge in [-0.15, -0.1) is 0 Å². The zero-order chi connectivity index (χ0) is 35.8. The number of halogens is 1. The van der Waals surface area contributed by atoms with E-state index in [1.807, 2.05) is 6.08 Å². The van der Waals surface area contributed by atoms with Gasteiger partial charge in [0.25, 0.3) is 5.56 Å². The molecule has 4 aromatic rings. The van der Waals surface area contributed by atoms with E-state index in [-0.39, 0.29) is 65.8 Å². The van der Waals surface area contributed by atoms with Crippen LogP contribution in [0.3, 0.4) is 0 Å². The predicted molar refractivity (Wildman–Crippen MR) is 184 cm³/mol. The van der Waals surface area contributed by atoms with Gasteiger partial charge in [-0.05, 0) is 52.2 Å². The van der Waals surface area contributed by atoms with Crippen molar-refractivity contribution in [2.24, 2.45) is 7.05 Å². The van der Waals surface area contributed by atoms with E-state index < -0.39 is 23.3 Å². The Kier molecular flexibility index (Phi) is 8.04. The molecule has 0 saturated carbocycles. The predicted octanol–water partition coefficient (Wildman–Crippen LogP) is 2.86. The highest BCUT2D eigenvalue weighted by Gasteiger charge is 2.45. The Bertz CT molecular complexity index is 2460. The minimum Gasteiger partial charge on any atom is -0.503 e. The summed E-state index contributed by atoms with van der Waals surface area (Å²) in [4.78, 5) is 72.9. The van der Waals surface area contributed by atoms with Gasteiger partial charge in [0.1, 0.15) is 5.69 Å². The van der Waals surface area contributed by atoms with Crippen LogP contribution in [0.25, 0.3) is 11.0 Å². The molecule has 2 aliphatic carbocycles. The van der Waals surface area contributed by atoms with E-state index in [2.05, 4.69) is 20.9 Å². The number of carbonyl (C=O) groups is 2.